The lowest BCUT2D eigenvalue weighted by Gasteiger charge is -2.29. The zero-order chi connectivity index (χ0) is 27.7. The summed E-state index contributed by atoms with van der Waals surface area (Å²) in [6, 6.07) is 19.0. The first kappa shape index (κ1) is 29.3. The molecule has 0 aliphatic rings. The van der Waals surface area contributed by atoms with Gasteiger partial charge in [0, 0.05) is 17.0 Å². The normalized spacial score (nSPS) is 14.8. The highest BCUT2D eigenvalue weighted by molar-refractivity contribution is 7.11. The molecule has 2 aromatic carbocycles. The van der Waals surface area contributed by atoms with Crippen LogP contribution in [0.4, 0.5) is 4.79 Å². The van der Waals surface area contributed by atoms with E-state index < -0.39 is 35.7 Å². The maximum atomic E-state index is 12.7. The summed E-state index contributed by atoms with van der Waals surface area (Å²) in [5.74, 6) is -1.65. The summed E-state index contributed by atoms with van der Waals surface area (Å²) < 4.78 is 5.48. The van der Waals surface area contributed by atoms with Crippen LogP contribution in [-0.4, -0.2) is 45.0 Å². The summed E-state index contributed by atoms with van der Waals surface area (Å²) >= 11 is 1.39. The SMILES string of the molecule is CC[C@H](C(=O)O)c1cnc(C(Cc2ccccc2)C[C@H](O)[C@H](Cc2ccccc2)NC(=O)OC(C)(C)C)s1. The summed E-state index contributed by atoms with van der Waals surface area (Å²) in [7, 11) is 0. The molecular formula is C30H38N2O5S. The number of aromatic nitrogens is 1. The third kappa shape index (κ3) is 8.96. The number of nitrogens with zero attached hydrogens (tertiary/aromatic N) is 1. The molecule has 0 bridgehead atoms. The van der Waals surface area contributed by atoms with Crippen LogP contribution in [-0.2, 0) is 22.4 Å². The minimum absolute atomic E-state index is 0.170. The smallest absolute Gasteiger partial charge is 0.407 e. The Morgan fingerprint density at radius 3 is 2.11 bits per heavy atom. The van der Waals surface area contributed by atoms with Crippen LogP contribution >= 0.6 is 11.3 Å². The highest BCUT2D eigenvalue weighted by Crippen LogP contribution is 2.34. The van der Waals surface area contributed by atoms with Gasteiger partial charge in [-0.25, -0.2) is 9.78 Å². The molecule has 0 spiro atoms. The van der Waals surface area contributed by atoms with E-state index in [0.717, 1.165) is 16.1 Å². The quantitative estimate of drug-likeness (QED) is 0.264. The van der Waals surface area contributed by atoms with Crippen molar-refractivity contribution in [3.63, 3.8) is 0 Å². The van der Waals surface area contributed by atoms with Gasteiger partial charge in [-0.3, -0.25) is 4.79 Å². The molecule has 3 aromatic rings. The van der Waals surface area contributed by atoms with E-state index in [4.69, 9.17) is 4.74 Å². The molecule has 0 radical (unpaired) electrons. The number of carbonyl (C=O) groups excluding carboxylic acids is 1. The van der Waals surface area contributed by atoms with Crippen LogP contribution in [0.1, 0.15) is 73.4 Å². The molecule has 7 nitrogen and oxygen atoms in total. The molecule has 8 heteroatoms. The molecule has 204 valence electrons. The number of hydrogen-bond acceptors (Lipinski definition) is 6. The van der Waals surface area contributed by atoms with E-state index in [1.807, 2.05) is 67.6 Å². The predicted molar refractivity (Wildman–Crippen MR) is 150 cm³/mol. The largest absolute Gasteiger partial charge is 0.481 e. The minimum Gasteiger partial charge on any atom is -0.481 e. The van der Waals surface area contributed by atoms with Gasteiger partial charge in [0.25, 0.3) is 0 Å². The zero-order valence-corrected chi connectivity index (χ0v) is 23.3. The fraction of sp³-hybridized carbons (Fsp3) is 0.433. The third-order valence-corrected chi connectivity index (χ3v) is 7.53. The summed E-state index contributed by atoms with van der Waals surface area (Å²) in [5.41, 5.74) is 1.40. The first-order chi connectivity index (χ1) is 18.1. The van der Waals surface area contributed by atoms with Gasteiger partial charge in [0.1, 0.15) is 5.60 Å². The molecule has 1 heterocycles. The van der Waals surface area contributed by atoms with Gasteiger partial charge in [-0.1, -0.05) is 67.6 Å². The van der Waals surface area contributed by atoms with E-state index in [1.165, 1.54) is 11.3 Å². The Bertz CT molecular complexity index is 1160. The fourth-order valence-corrected chi connectivity index (χ4v) is 5.59. The molecule has 3 rings (SSSR count). The third-order valence-electron chi connectivity index (χ3n) is 6.26. The first-order valence-electron chi connectivity index (χ1n) is 13.0. The number of carbonyl (C=O) groups is 2. The number of ether oxygens (including phenoxy) is 1. The molecule has 4 atom stereocenters. The fourth-order valence-electron chi connectivity index (χ4n) is 4.38. The van der Waals surface area contributed by atoms with E-state index >= 15 is 0 Å². The van der Waals surface area contributed by atoms with Gasteiger partial charge in [-0.05, 0) is 57.6 Å². The second-order valence-electron chi connectivity index (χ2n) is 10.5. The van der Waals surface area contributed by atoms with Gasteiger partial charge in [0.05, 0.1) is 23.1 Å². The van der Waals surface area contributed by atoms with Crippen molar-refractivity contribution in [1.82, 2.24) is 10.3 Å². The molecule has 1 unspecified atom stereocenters. The van der Waals surface area contributed by atoms with E-state index in [-0.39, 0.29) is 5.92 Å². The Morgan fingerprint density at radius 2 is 1.58 bits per heavy atom. The maximum Gasteiger partial charge on any atom is 0.407 e. The average molecular weight is 539 g/mol. The van der Waals surface area contributed by atoms with Crippen molar-refractivity contribution >= 4 is 23.4 Å². The Balaban J connectivity index is 1.87. The minimum atomic E-state index is -0.898. The highest BCUT2D eigenvalue weighted by Gasteiger charge is 2.30. The lowest BCUT2D eigenvalue weighted by atomic mass is 9.89. The summed E-state index contributed by atoms with van der Waals surface area (Å²) in [6.07, 6.45) is 2.03. The number of aliphatic carboxylic acids is 1. The monoisotopic (exact) mass is 538 g/mol. The van der Waals surface area contributed by atoms with Crippen molar-refractivity contribution in [2.24, 2.45) is 0 Å². The van der Waals surface area contributed by atoms with Crippen LogP contribution < -0.4 is 5.32 Å². The van der Waals surface area contributed by atoms with Crippen LogP contribution in [0.2, 0.25) is 0 Å². The average Bonchev–Trinajstić information content (AvgIpc) is 3.33. The second-order valence-corrected chi connectivity index (χ2v) is 11.6. The number of hydrogen-bond donors (Lipinski definition) is 3. The number of nitrogens with one attached hydrogen (secondary N) is 1. The number of thiazole rings is 1. The Hall–Kier alpha value is -3.23. The number of benzene rings is 2. The number of amides is 1. The van der Waals surface area contributed by atoms with Gasteiger partial charge in [0.15, 0.2) is 0 Å². The standard InChI is InChI=1S/C30H38N2O5S/c1-5-23(28(34)35)26-19-31-27(38-26)22(16-20-12-8-6-9-13-20)18-25(33)24(17-21-14-10-7-11-15-21)32-29(36)37-30(2,3)4/h6-15,19,22-25,33H,5,16-18H2,1-4H3,(H,32,36)(H,34,35)/t22?,23-,24-,25-/m0/s1. The van der Waals surface area contributed by atoms with E-state index in [0.29, 0.717) is 30.6 Å². The molecule has 0 aliphatic carbocycles. The van der Waals surface area contributed by atoms with Crippen LogP contribution in [0.15, 0.2) is 66.9 Å². The maximum absolute atomic E-state index is 12.7. The molecular weight excluding hydrogens is 500 g/mol. The van der Waals surface area contributed by atoms with Crippen molar-refractivity contribution in [3.8, 4) is 0 Å². The number of aliphatic hydroxyl groups excluding tert-OH is 1. The van der Waals surface area contributed by atoms with Gasteiger partial charge in [0.2, 0.25) is 0 Å². The van der Waals surface area contributed by atoms with Crippen molar-refractivity contribution in [1.29, 1.82) is 0 Å². The highest BCUT2D eigenvalue weighted by atomic mass is 32.1. The lowest BCUT2D eigenvalue weighted by Crippen LogP contribution is -2.47. The van der Waals surface area contributed by atoms with E-state index in [9.17, 15) is 19.8 Å². The molecule has 3 N–H and O–H groups in total. The van der Waals surface area contributed by atoms with Crippen LogP contribution in [0, 0.1) is 0 Å². The van der Waals surface area contributed by atoms with Crippen LogP contribution in [0.5, 0.6) is 0 Å². The number of alkyl carbamates (subject to hydrolysis) is 1. The van der Waals surface area contributed by atoms with Gasteiger partial charge in [-0.2, -0.15) is 0 Å². The predicted octanol–water partition coefficient (Wildman–Crippen LogP) is 5.93. The van der Waals surface area contributed by atoms with Crippen molar-refractivity contribution in [2.45, 2.75) is 83.0 Å². The van der Waals surface area contributed by atoms with Crippen molar-refractivity contribution < 1.29 is 24.5 Å². The number of aliphatic hydroxyl groups is 1. The Morgan fingerprint density at radius 1 is 1.00 bits per heavy atom. The van der Waals surface area contributed by atoms with E-state index in [2.05, 4.69) is 10.3 Å². The molecule has 1 amide bonds. The van der Waals surface area contributed by atoms with E-state index in [1.54, 1.807) is 27.0 Å². The summed E-state index contributed by atoms with van der Waals surface area (Å²) in [6.45, 7) is 7.24. The molecule has 0 aliphatic heterocycles. The molecule has 1 aromatic heterocycles. The van der Waals surface area contributed by atoms with Gasteiger partial charge >= 0.3 is 12.1 Å². The number of rotatable bonds is 12. The lowest BCUT2D eigenvalue weighted by molar-refractivity contribution is -0.138. The molecule has 0 fully saturated rings. The first-order valence-corrected chi connectivity index (χ1v) is 13.8. The summed E-state index contributed by atoms with van der Waals surface area (Å²) in [4.78, 5) is 29.7. The molecule has 38 heavy (non-hydrogen) atoms. The van der Waals surface area contributed by atoms with Crippen molar-refractivity contribution in [2.75, 3.05) is 0 Å². The second kappa shape index (κ2) is 13.5. The topological polar surface area (TPSA) is 109 Å². The number of carboxylic acids is 1. The molecule has 0 saturated heterocycles. The molecule has 0 saturated carbocycles. The van der Waals surface area contributed by atoms with Crippen molar-refractivity contribution in [3.05, 3.63) is 87.9 Å². The zero-order valence-electron chi connectivity index (χ0n) is 22.5. The summed E-state index contributed by atoms with van der Waals surface area (Å²) in [5, 5.41) is 24.8. The van der Waals surface area contributed by atoms with Gasteiger partial charge in [-0.15, -0.1) is 11.3 Å². The van der Waals surface area contributed by atoms with Crippen LogP contribution in [0.25, 0.3) is 0 Å². The Kier molecular flexibility index (Phi) is 10.4. The van der Waals surface area contributed by atoms with Crippen LogP contribution in [0.3, 0.4) is 0 Å². The Labute approximate surface area is 228 Å². The van der Waals surface area contributed by atoms with Gasteiger partial charge < -0.3 is 20.3 Å². The number of carboxylic acid groups (broad SMARTS) is 1.